The van der Waals surface area contributed by atoms with Crippen LogP contribution >= 0.6 is 0 Å². The summed E-state index contributed by atoms with van der Waals surface area (Å²) in [5, 5.41) is 2.95. The number of carbonyl (C=O) groups is 1. The van der Waals surface area contributed by atoms with Crippen LogP contribution in [0.1, 0.15) is 12.0 Å². The van der Waals surface area contributed by atoms with Gasteiger partial charge in [-0.25, -0.2) is 0 Å². The van der Waals surface area contributed by atoms with Crippen LogP contribution in [0.25, 0.3) is 0 Å². The van der Waals surface area contributed by atoms with Crippen molar-refractivity contribution < 1.29 is 19.0 Å². The number of benzene rings is 2. The van der Waals surface area contributed by atoms with Crippen LogP contribution in [0.5, 0.6) is 17.2 Å². The van der Waals surface area contributed by atoms with Crippen LogP contribution in [0, 0.1) is 5.92 Å². The standard InChI is InChI=1S/C19H21NO4/c1-22-17-4-2-3-5-18(17)24-16-8-6-14(7-9-16)12-20-19(21)15-10-11-23-13-15/h2-9,15H,10-13H2,1H3,(H,20,21)/t15-/m0/s1. The molecule has 1 N–H and O–H groups in total. The topological polar surface area (TPSA) is 56.8 Å². The maximum absolute atomic E-state index is 12.0. The van der Waals surface area contributed by atoms with Crippen molar-refractivity contribution in [1.29, 1.82) is 0 Å². The molecule has 1 amide bonds. The minimum Gasteiger partial charge on any atom is -0.493 e. The van der Waals surface area contributed by atoms with E-state index in [1.54, 1.807) is 7.11 Å². The van der Waals surface area contributed by atoms with E-state index in [1.165, 1.54) is 0 Å². The van der Waals surface area contributed by atoms with E-state index in [0.29, 0.717) is 31.3 Å². The molecule has 1 atom stereocenters. The number of ether oxygens (including phenoxy) is 3. The third-order valence-corrected chi connectivity index (χ3v) is 3.99. The molecule has 1 aliphatic rings. The van der Waals surface area contributed by atoms with Crippen LogP contribution in [0.15, 0.2) is 48.5 Å². The van der Waals surface area contributed by atoms with Gasteiger partial charge in [-0.1, -0.05) is 24.3 Å². The van der Waals surface area contributed by atoms with E-state index in [-0.39, 0.29) is 11.8 Å². The zero-order chi connectivity index (χ0) is 16.8. The molecule has 0 aromatic heterocycles. The number of hydrogen-bond acceptors (Lipinski definition) is 4. The van der Waals surface area contributed by atoms with Crippen molar-refractivity contribution in [2.75, 3.05) is 20.3 Å². The van der Waals surface area contributed by atoms with Crippen LogP contribution in [0.3, 0.4) is 0 Å². The van der Waals surface area contributed by atoms with Crippen LogP contribution in [0.4, 0.5) is 0 Å². The maximum Gasteiger partial charge on any atom is 0.225 e. The Bertz CT molecular complexity index is 678. The highest BCUT2D eigenvalue weighted by Gasteiger charge is 2.22. The van der Waals surface area contributed by atoms with Gasteiger partial charge in [0.25, 0.3) is 0 Å². The number of amides is 1. The molecule has 1 fully saturated rings. The second kappa shape index (κ2) is 7.84. The van der Waals surface area contributed by atoms with Gasteiger partial charge in [0.2, 0.25) is 5.91 Å². The summed E-state index contributed by atoms with van der Waals surface area (Å²) >= 11 is 0. The Labute approximate surface area is 141 Å². The molecular weight excluding hydrogens is 306 g/mol. The Morgan fingerprint density at radius 2 is 1.92 bits per heavy atom. The van der Waals surface area contributed by atoms with Crippen molar-refractivity contribution in [1.82, 2.24) is 5.32 Å². The van der Waals surface area contributed by atoms with Crippen molar-refractivity contribution in [3.8, 4) is 17.2 Å². The maximum atomic E-state index is 12.0. The minimum atomic E-state index is -0.0156. The lowest BCUT2D eigenvalue weighted by atomic mass is 10.1. The molecule has 0 aliphatic carbocycles. The molecule has 0 bridgehead atoms. The smallest absolute Gasteiger partial charge is 0.225 e. The Morgan fingerprint density at radius 3 is 2.58 bits per heavy atom. The fourth-order valence-electron chi connectivity index (χ4n) is 2.58. The quantitative estimate of drug-likeness (QED) is 0.885. The van der Waals surface area contributed by atoms with Crippen molar-refractivity contribution in [3.05, 3.63) is 54.1 Å². The summed E-state index contributed by atoms with van der Waals surface area (Å²) in [5.41, 5.74) is 1.02. The van der Waals surface area contributed by atoms with Gasteiger partial charge in [-0.2, -0.15) is 0 Å². The highest BCUT2D eigenvalue weighted by atomic mass is 16.5. The first-order chi connectivity index (χ1) is 11.8. The summed E-state index contributed by atoms with van der Waals surface area (Å²) in [7, 11) is 1.61. The molecule has 2 aromatic rings. The van der Waals surface area contributed by atoms with Gasteiger partial charge in [0.05, 0.1) is 19.6 Å². The molecule has 2 aromatic carbocycles. The average molecular weight is 327 g/mol. The molecule has 3 rings (SSSR count). The number of hydrogen-bond donors (Lipinski definition) is 1. The summed E-state index contributed by atoms with van der Waals surface area (Å²) in [6, 6.07) is 15.1. The first-order valence-electron chi connectivity index (χ1n) is 8.01. The predicted molar refractivity (Wildman–Crippen MR) is 90.3 cm³/mol. The molecule has 1 aliphatic heterocycles. The van der Waals surface area contributed by atoms with E-state index in [2.05, 4.69) is 5.32 Å². The van der Waals surface area contributed by atoms with E-state index in [9.17, 15) is 4.79 Å². The first kappa shape index (κ1) is 16.3. The van der Waals surface area contributed by atoms with E-state index in [0.717, 1.165) is 17.7 Å². The lowest BCUT2D eigenvalue weighted by molar-refractivity contribution is -0.125. The Morgan fingerprint density at radius 1 is 1.17 bits per heavy atom. The highest BCUT2D eigenvalue weighted by molar-refractivity contribution is 5.78. The second-order valence-corrected chi connectivity index (χ2v) is 5.68. The fraction of sp³-hybridized carbons (Fsp3) is 0.316. The summed E-state index contributed by atoms with van der Waals surface area (Å²) in [5.74, 6) is 2.12. The third-order valence-electron chi connectivity index (χ3n) is 3.99. The molecule has 5 nitrogen and oxygen atoms in total. The summed E-state index contributed by atoms with van der Waals surface area (Å²) in [6.07, 6.45) is 0.803. The van der Waals surface area contributed by atoms with Gasteiger partial charge in [-0.3, -0.25) is 4.79 Å². The monoisotopic (exact) mass is 327 g/mol. The lowest BCUT2D eigenvalue weighted by Gasteiger charge is -2.11. The van der Waals surface area contributed by atoms with Gasteiger partial charge in [0, 0.05) is 13.2 Å². The van der Waals surface area contributed by atoms with Crippen LogP contribution in [0.2, 0.25) is 0 Å². The average Bonchev–Trinajstić information content (AvgIpc) is 3.16. The zero-order valence-corrected chi connectivity index (χ0v) is 13.7. The number of rotatable bonds is 6. The van der Waals surface area contributed by atoms with Gasteiger partial charge in [-0.15, -0.1) is 0 Å². The Kier molecular flexibility index (Phi) is 5.33. The highest BCUT2D eigenvalue weighted by Crippen LogP contribution is 2.30. The molecule has 5 heteroatoms. The molecule has 24 heavy (non-hydrogen) atoms. The molecule has 1 heterocycles. The molecule has 0 saturated carbocycles. The number of carbonyl (C=O) groups excluding carboxylic acids is 1. The third kappa shape index (κ3) is 4.06. The molecule has 0 spiro atoms. The molecule has 0 radical (unpaired) electrons. The van der Waals surface area contributed by atoms with Crippen LogP contribution in [-0.2, 0) is 16.1 Å². The van der Waals surface area contributed by atoms with Crippen molar-refractivity contribution >= 4 is 5.91 Å². The normalized spacial score (nSPS) is 16.6. The summed E-state index contributed by atoms with van der Waals surface area (Å²) < 4.78 is 16.3. The van der Waals surface area contributed by atoms with Gasteiger partial charge < -0.3 is 19.5 Å². The zero-order valence-electron chi connectivity index (χ0n) is 13.7. The van der Waals surface area contributed by atoms with Gasteiger partial charge in [0.15, 0.2) is 11.5 Å². The van der Waals surface area contributed by atoms with Crippen molar-refractivity contribution in [2.45, 2.75) is 13.0 Å². The molecule has 126 valence electrons. The largest absolute Gasteiger partial charge is 0.493 e. The van der Waals surface area contributed by atoms with Gasteiger partial charge in [-0.05, 0) is 36.2 Å². The van der Waals surface area contributed by atoms with Crippen molar-refractivity contribution in [2.24, 2.45) is 5.92 Å². The van der Waals surface area contributed by atoms with E-state index in [4.69, 9.17) is 14.2 Å². The van der Waals surface area contributed by atoms with E-state index in [1.807, 2.05) is 48.5 Å². The molecule has 0 unspecified atom stereocenters. The van der Waals surface area contributed by atoms with Crippen LogP contribution in [-0.4, -0.2) is 26.2 Å². The van der Waals surface area contributed by atoms with E-state index < -0.39 is 0 Å². The van der Waals surface area contributed by atoms with Gasteiger partial charge >= 0.3 is 0 Å². The predicted octanol–water partition coefficient (Wildman–Crippen LogP) is 3.14. The van der Waals surface area contributed by atoms with Crippen molar-refractivity contribution in [3.63, 3.8) is 0 Å². The summed E-state index contributed by atoms with van der Waals surface area (Å²) in [6.45, 7) is 1.70. The minimum absolute atomic E-state index is 0.0156. The second-order valence-electron chi connectivity index (χ2n) is 5.68. The van der Waals surface area contributed by atoms with E-state index >= 15 is 0 Å². The Balaban J connectivity index is 1.56. The number of para-hydroxylation sites is 2. The SMILES string of the molecule is COc1ccccc1Oc1ccc(CNC(=O)[C@H]2CCOC2)cc1. The lowest BCUT2D eigenvalue weighted by Crippen LogP contribution is -2.30. The molecular formula is C19H21NO4. The van der Waals surface area contributed by atoms with Crippen LogP contribution < -0.4 is 14.8 Å². The first-order valence-corrected chi connectivity index (χ1v) is 8.01. The number of methoxy groups -OCH3 is 1. The van der Waals surface area contributed by atoms with Gasteiger partial charge in [0.1, 0.15) is 5.75 Å². The fourth-order valence-corrected chi connectivity index (χ4v) is 2.58. The summed E-state index contributed by atoms with van der Waals surface area (Å²) in [4.78, 5) is 12.0. The Hall–Kier alpha value is -2.53. The molecule has 1 saturated heterocycles. The number of nitrogens with one attached hydrogen (secondary N) is 1.